The largest absolute Gasteiger partial charge is 0.473 e. The minimum Gasteiger partial charge on any atom is -0.473 e. The number of para-hydroxylation sites is 1. The lowest BCUT2D eigenvalue weighted by atomic mass is 10.1. The van der Waals surface area contributed by atoms with Gasteiger partial charge in [0, 0.05) is 17.8 Å². The fraction of sp³-hybridized carbons (Fsp3) is 0.200. The maximum Gasteiger partial charge on any atom is 0.161 e. The molecule has 1 heterocycles. The van der Waals surface area contributed by atoms with Crippen molar-refractivity contribution >= 4 is 5.69 Å². The SMILES string of the molecule is C=C/C=C1/OCN(c2ccccc2)C/C1=C/C. The summed E-state index contributed by atoms with van der Waals surface area (Å²) >= 11 is 0. The Morgan fingerprint density at radius 1 is 1.29 bits per heavy atom. The Balaban J connectivity index is 2.17. The first-order valence-corrected chi connectivity index (χ1v) is 5.76. The minimum atomic E-state index is 0.584. The van der Waals surface area contributed by atoms with Gasteiger partial charge in [-0.3, -0.25) is 0 Å². The lowest BCUT2D eigenvalue weighted by Gasteiger charge is -2.32. The third-order valence-electron chi connectivity index (χ3n) is 2.79. The van der Waals surface area contributed by atoms with E-state index in [4.69, 9.17) is 4.74 Å². The van der Waals surface area contributed by atoms with Crippen LogP contribution in [0.1, 0.15) is 6.92 Å². The fourth-order valence-electron chi connectivity index (χ4n) is 1.87. The summed E-state index contributed by atoms with van der Waals surface area (Å²) in [6.45, 7) is 7.19. The van der Waals surface area contributed by atoms with Crippen LogP contribution in [0.2, 0.25) is 0 Å². The van der Waals surface area contributed by atoms with Gasteiger partial charge in [-0.25, -0.2) is 0 Å². The van der Waals surface area contributed by atoms with E-state index in [0.29, 0.717) is 6.73 Å². The average molecular weight is 227 g/mol. The van der Waals surface area contributed by atoms with Gasteiger partial charge in [-0.1, -0.05) is 36.9 Å². The highest BCUT2D eigenvalue weighted by Crippen LogP contribution is 2.24. The smallest absolute Gasteiger partial charge is 0.161 e. The van der Waals surface area contributed by atoms with Crippen molar-refractivity contribution in [3.63, 3.8) is 0 Å². The van der Waals surface area contributed by atoms with Crippen molar-refractivity contribution in [2.75, 3.05) is 18.2 Å². The number of hydrogen-bond donors (Lipinski definition) is 0. The number of hydrogen-bond acceptors (Lipinski definition) is 2. The number of rotatable bonds is 2. The molecular formula is C15H17NO. The molecule has 17 heavy (non-hydrogen) atoms. The van der Waals surface area contributed by atoms with Crippen molar-refractivity contribution in [2.24, 2.45) is 0 Å². The van der Waals surface area contributed by atoms with Crippen LogP contribution in [-0.2, 0) is 4.74 Å². The zero-order chi connectivity index (χ0) is 12.1. The molecule has 2 rings (SSSR count). The quantitative estimate of drug-likeness (QED) is 0.766. The van der Waals surface area contributed by atoms with Gasteiger partial charge in [-0.15, -0.1) is 0 Å². The van der Waals surface area contributed by atoms with E-state index < -0.39 is 0 Å². The minimum absolute atomic E-state index is 0.584. The Kier molecular flexibility index (Phi) is 3.66. The fourth-order valence-corrected chi connectivity index (χ4v) is 1.87. The van der Waals surface area contributed by atoms with Crippen LogP contribution in [0.3, 0.4) is 0 Å². The van der Waals surface area contributed by atoms with Crippen LogP contribution in [0.5, 0.6) is 0 Å². The molecule has 0 amide bonds. The molecule has 1 aliphatic rings. The third kappa shape index (κ3) is 2.59. The van der Waals surface area contributed by atoms with Gasteiger partial charge in [-0.05, 0) is 25.1 Å². The van der Waals surface area contributed by atoms with E-state index in [1.54, 1.807) is 6.08 Å². The molecular weight excluding hydrogens is 210 g/mol. The maximum atomic E-state index is 5.74. The highest BCUT2D eigenvalue weighted by Gasteiger charge is 2.18. The lowest BCUT2D eigenvalue weighted by Crippen LogP contribution is -2.33. The third-order valence-corrected chi connectivity index (χ3v) is 2.79. The molecule has 0 saturated carbocycles. The van der Waals surface area contributed by atoms with Gasteiger partial charge in [0.15, 0.2) is 6.73 Å². The van der Waals surface area contributed by atoms with E-state index >= 15 is 0 Å². The molecule has 0 N–H and O–H groups in total. The van der Waals surface area contributed by atoms with Gasteiger partial charge < -0.3 is 9.64 Å². The molecule has 1 saturated heterocycles. The van der Waals surface area contributed by atoms with Crippen LogP contribution in [0.4, 0.5) is 5.69 Å². The molecule has 0 aliphatic carbocycles. The van der Waals surface area contributed by atoms with E-state index in [9.17, 15) is 0 Å². The molecule has 88 valence electrons. The number of allylic oxidation sites excluding steroid dienone is 3. The molecule has 0 aromatic heterocycles. The van der Waals surface area contributed by atoms with Crippen LogP contribution < -0.4 is 4.90 Å². The first-order valence-electron chi connectivity index (χ1n) is 5.76. The van der Waals surface area contributed by atoms with E-state index in [1.165, 1.54) is 11.3 Å². The second-order valence-electron chi connectivity index (χ2n) is 3.89. The Labute approximate surface area is 103 Å². The Bertz CT molecular complexity index is 445. The number of benzene rings is 1. The van der Waals surface area contributed by atoms with Gasteiger partial charge >= 0.3 is 0 Å². The number of nitrogens with zero attached hydrogens (tertiary/aromatic N) is 1. The summed E-state index contributed by atoms with van der Waals surface area (Å²) in [5.41, 5.74) is 2.38. The molecule has 0 atom stereocenters. The van der Waals surface area contributed by atoms with Crippen molar-refractivity contribution in [2.45, 2.75) is 6.92 Å². The predicted molar refractivity (Wildman–Crippen MR) is 71.8 cm³/mol. The molecule has 1 aromatic carbocycles. The van der Waals surface area contributed by atoms with Crippen LogP contribution >= 0.6 is 0 Å². The van der Waals surface area contributed by atoms with Crippen LogP contribution in [-0.4, -0.2) is 13.3 Å². The molecule has 0 radical (unpaired) electrons. The highest BCUT2D eigenvalue weighted by atomic mass is 16.5. The summed E-state index contributed by atoms with van der Waals surface area (Å²) in [6, 6.07) is 10.3. The second kappa shape index (κ2) is 5.39. The van der Waals surface area contributed by atoms with Crippen molar-refractivity contribution in [3.05, 3.63) is 66.5 Å². The number of ether oxygens (including phenoxy) is 1. The zero-order valence-corrected chi connectivity index (χ0v) is 10.1. The first-order chi connectivity index (χ1) is 8.35. The first kappa shape index (κ1) is 11.5. The van der Waals surface area contributed by atoms with Gasteiger partial charge in [0.2, 0.25) is 0 Å². The topological polar surface area (TPSA) is 12.5 Å². The summed E-state index contributed by atoms with van der Waals surface area (Å²) in [7, 11) is 0. The van der Waals surface area contributed by atoms with Crippen molar-refractivity contribution < 1.29 is 4.74 Å². The molecule has 0 spiro atoms. The van der Waals surface area contributed by atoms with Crippen LogP contribution in [0.15, 0.2) is 66.5 Å². The molecule has 1 fully saturated rings. The summed E-state index contributed by atoms with van der Waals surface area (Å²) in [6.07, 6.45) is 5.76. The summed E-state index contributed by atoms with van der Waals surface area (Å²) in [4.78, 5) is 2.20. The van der Waals surface area contributed by atoms with Gasteiger partial charge in [-0.2, -0.15) is 0 Å². The van der Waals surface area contributed by atoms with E-state index in [2.05, 4.69) is 29.7 Å². The highest BCUT2D eigenvalue weighted by molar-refractivity contribution is 5.50. The van der Waals surface area contributed by atoms with Crippen LogP contribution in [0, 0.1) is 0 Å². The van der Waals surface area contributed by atoms with Gasteiger partial charge in [0.05, 0.1) is 0 Å². The number of anilines is 1. The van der Waals surface area contributed by atoms with Crippen LogP contribution in [0.25, 0.3) is 0 Å². The Hall–Kier alpha value is -1.96. The van der Waals surface area contributed by atoms with Crippen molar-refractivity contribution in [1.29, 1.82) is 0 Å². The van der Waals surface area contributed by atoms with Gasteiger partial charge in [0.25, 0.3) is 0 Å². The van der Waals surface area contributed by atoms with Gasteiger partial charge in [0.1, 0.15) is 5.76 Å². The lowest BCUT2D eigenvalue weighted by molar-refractivity contribution is 0.201. The molecule has 2 heteroatoms. The molecule has 0 unspecified atom stereocenters. The monoisotopic (exact) mass is 227 g/mol. The maximum absolute atomic E-state index is 5.74. The summed E-state index contributed by atoms with van der Waals surface area (Å²) < 4.78 is 5.74. The molecule has 1 aromatic rings. The Morgan fingerprint density at radius 3 is 2.71 bits per heavy atom. The summed E-state index contributed by atoms with van der Waals surface area (Å²) in [5, 5.41) is 0. The molecule has 2 nitrogen and oxygen atoms in total. The van der Waals surface area contributed by atoms with Crippen molar-refractivity contribution in [1.82, 2.24) is 0 Å². The van der Waals surface area contributed by atoms with E-state index in [0.717, 1.165) is 12.3 Å². The normalized spacial score (nSPS) is 20.4. The van der Waals surface area contributed by atoms with Crippen molar-refractivity contribution in [3.8, 4) is 0 Å². The summed E-state index contributed by atoms with van der Waals surface area (Å²) in [5.74, 6) is 0.926. The predicted octanol–water partition coefficient (Wildman–Crippen LogP) is 3.50. The van der Waals surface area contributed by atoms with E-state index in [1.807, 2.05) is 31.2 Å². The average Bonchev–Trinajstić information content (AvgIpc) is 2.40. The molecule has 0 bridgehead atoms. The Morgan fingerprint density at radius 2 is 2.06 bits per heavy atom. The van der Waals surface area contributed by atoms with E-state index in [-0.39, 0.29) is 0 Å². The second-order valence-corrected chi connectivity index (χ2v) is 3.89. The molecule has 1 aliphatic heterocycles. The zero-order valence-electron chi connectivity index (χ0n) is 10.1. The standard InChI is InChI=1S/C15H17NO/c1-3-8-15-13(4-2)11-16(12-17-15)14-9-6-5-7-10-14/h3-10H,1,11-12H2,2H3/b13-4-,15-8+.